The highest BCUT2D eigenvalue weighted by Gasteiger charge is 2.20. The Hall–Kier alpha value is -4.67. The molecule has 10 nitrogen and oxygen atoms in total. The molecule has 176 valence electrons. The number of aliphatic imine (C=N–C) groups is 1. The van der Waals surface area contributed by atoms with Gasteiger partial charge in [0.15, 0.2) is 17.5 Å². The topological polar surface area (TPSA) is 110 Å². The van der Waals surface area contributed by atoms with Gasteiger partial charge in [0, 0.05) is 37.6 Å². The fraction of sp³-hybridized carbons (Fsp3) is 0.167. The van der Waals surface area contributed by atoms with Crippen LogP contribution in [0.4, 0.5) is 10.2 Å². The van der Waals surface area contributed by atoms with E-state index in [2.05, 4.69) is 35.1 Å². The van der Waals surface area contributed by atoms with Crippen LogP contribution in [0.2, 0.25) is 0 Å². The lowest BCUT2D eigenvalue weighted by molar-refractivity contribution is 0.400. The lowest BCUT2D eigenvalue weighted by Gasteiger charge is -2.07. The normalized spacial score (nSPS) is 11.4. The van der Waals surface area contributed by atoms with Gasteiger partial charge in [-0.25, -0.2) is 24.3 Å². The van der Waals surface area contributed by atoms with Gasteiger partial charge in [-0.1, -0.05) is 12.1 Å². The first kappa shape index (κ1) is 22.1. The Labute approximate surface area is 200 Å². The van der Waals surface area contributed by atoms with Crippen molar-refractivity contribution in [2.24, 2.45) is 4.99 Å². The van der Waals surface area contributed by atoms with Crippen LogP contribution in [0.15, 0.2) is 60.1 Å². The van der Waals surface area contributed by atoms with E-state index >= 15 is 0 Å². The molecule has 0 fully saturated rings. The monoisotopic (exact) mass is 471 g/mol. The van der Waals surface area contributed by atoms with E-state index in [0.29, 0.717) is 41.1 Å². The number of aromatic amines is 1. The third-order valence-electron chi connectivity index (χ3n) is 5.28. The second-order valence-electron chi connectivity index (χ2n) is 7.94. The van der Waals surface area contributed by atoms with E-state index in [0.717, 1.165) is 16.5 Å². The molecule has 0 bridgehead atoms. The number of fused-ring (bicyclic) bond motifs is 1. The SMILES string of the molecule is COc1ncccc1-c1cn(Cc2nnc(-c3ccccc3F)[nH]2)c2ncnc(N=CN(C)C)c12. The maximum atomic E-state index is 14.2. The summed E-state index contributed by atoms with van der Waals surface area (Å²) in [6.07, 6.45) is 6.75. The molecule has 35 heavy (non-hydrogen) atoms. The zero-order chi connectivity index (χ0) is 24.4. The van der Waals surface area contributed by atoms with Gasteiger partial charge in [-0.3, -0.25) is 0 Å². The van der Waals surface area contributed by atoms with E-state index in [4.69, 9.17) is 4.74 Å². The summed E-state index contributed by atoms with van der Waals surface area (Å²) in [5.74, 6) is 1.51. The molecule has 0 aliphatic rings. The highest BCUT2D eigenvalue weighted by molar-refractivity contribution is 6.02. The summed E-state index contributed by atoms with van der Waals surface area (Å²) in [6, 6.07) is 10.2. The predicted octanol–water partition coefficient (Wildman–Crippen LogP) is 3.70. The van der Waals surface area contributed by atoms with E-state index in [1.165, 1.54) is 12.4 Å². The number of hydrogen-bond acceptors (Lipinski definition) is 7. The van der Waals surface area contributed by atoms with Gasteiger partial charge in [-0.2, -0.15) is 0 Å². The van der Waals surface area contributed by atoms with Crippen molar-refractivity contribution < 1.29 is 9.13 Å². The number of halogens is 1. The predicted molar refractivity (Wildman–Crippen MR) is 130 cm³/mol. The Morgan fingerprint density at radius 3 is 2.69 bits per heavy atom. The highest BCUT2D eigenvalue weighted by atomic mass is 19.1. The number of rotatable bonds is 7. The zero-order valence-electron chi connectivity index (χ0n) is 19.3. The van der Waals surface area contributed by atoms with Crippen molar-refractivity contribution >= 4 is 23.2 Å². The molecule has 4 aromatic heterocycles. The van der Waals surface area contributed by atoms with Gasteiger partial charge in [0.25, 0.3) is 0 Å². The molecule has 0 saturated heterocycles. The van der Waals surface area contributed by atoms with Crippen molar-refractivity contribution in [1.82, 2.24) is 39.6 Å². The summed E-state index contributed by atoms with van der Waals surface area (Å²) in [5, 5.41) is 9.10. The molecule has 1 aromatic carbocycles. The minimum absolute atomic E-state index is 0.314. The van der Waals surface area contributed by atoms with Crippen LogP contribution >= 0.6 is 0 Å². The molecular formula is C24H22FN9O. The Morgan fingerprint density at radius 1 is 1.06 bits per heavy atom. The average molecular weight is 472 g/mol. The molecule has 0 radical (unpaired) electrons. The molecule has 0 amide bonds. The van der Waals surface area contributed by atoms with Crippen molar-refractivity contribution in [1.29, 1.82) is 0 Å². The molecule has 0 unspecified atom stereocenters. The summed E-state index contributed by atoms with van der Waals surface area (Å²) < 4.78 is 21.6. The minimum atomic E-state index is -0.372. The molecule has 0 spiro atoms. The number of hydrogen-bond donors (Lipinski definition) is 1. The third kappa shape index (κ3) is 4.31. The lowest BCUT2D eigenvalue weighted by Crippen LogP contribution is -2.07. The van der Waals surface area contributed by atoms with E-state index < -0.39 is 0 Å². The van der Waals surface area contributed by atoms with Crippen LogP contribution in [0.25, 0.3) is 33.5 Å². The van der Waals surface area contributed by atoms with E-state index in [1.807, 2.05) is 41.9 Å². The third-order valence-corrected chi connectivity index (χ3v) is 5.28. The van der Waals surface area contributed by atoms with Crippen LogP contribution in [-0.4, -0.2) is 67.1 Å². The number of ether oxygens (including phenoxy) is 1. The second kappa shape index (κ2) is 9.29. The number of benzene rings is 1. The standard InChI is InChI=1S/C24H22FN9O/c1-33(2)14-29-22-20-17(15-8-6-10-26-24(15)35-3)11-34(23(20)28-13-27-22)12-19-30-21(32-31-19)16-7-4-5-9-18(16)25/h4-11,13-14H,12H2,1-3H3,(H,30,31,32). The maximum absolute atomic E-state index is 14.2. The van der Waals surface area contributed by atoms with Gasteiger partial charge in [-0.05, 0) is 24.3 Å². The van der Waals surface area contributed by atoms with E-state index in [1.54, 1.807) is 37.8 Å². The maximum Gasteiger partial charge on any atom is 0.221 e. The second-order valence-corrected chi connectivity index (χ2v) is 7.94. The number of aromatic nitrogens is 7. The number of H-pyrrole nitrogens is 1. The van der Waals surface area contributed by atoms with Crippen LogP contribution in [0.3, 0.4) is 0 Å². The zero-order valence-corrected chi connectivity index (χ0v) is 19.3. The van der Waals surface area contributed by atoms with Gasteiger partial charge >= 0.3 is 0 Å². The summed E-state index contributed by atoms with van der Waals surface area (Å²) in [7, 11) is 5.34. The molecule has 11 heteroatoms. The number of nitrogens with zero attached hydrogens (tertiary/aromatic N) is 8. The van der Waals surface area contributed by atoms with Crippen LogP contribution in [0, 0.1) is 5.82 Å². The summed E-state index contributed by atoms with van der Waals surface area (Å²) >= 11 is 0. The first-order valence-electron chi connectivity index (χ1n) is 10.8. The van der Waals surface area contributed by atoms with Crippen molar-refractivity contribution in [3.8, 4) is 28.4 Å². The Bertz CT molecular complexity index is 1520. The molecule has 0 atom stereocenters. The van der Waals surface area contributed by atoms with Crippen LogP contribution in [0.1, 0.15) is 5.82 Å². The smallest absolute Gasteiger partial charge is 0.221 e. The first-order valence-corrected chi connectivity index (χ1v) is 10.8. The molecule has 0 saturated carbocycles. The summed E-state index contributed by atoms with van der Waals surface area (Å²) in [4.78, 5) is 22.8. The van der Waals surface area contributed by atoms with Crippen molar-refractivity contribution in [2.45, 2.75) is 6.54 Å². The molecule has 0 aliphatic heterocycles. The Balaban J connectivity index is 1.63. The molecular weight excluding hydrogens is 449 g/mol. The number of pyridine rings is 1. The minimum Gasteiger partial charge on any atom is -0.481 e. The Morgan fingerprint density at radius 2 is 1.89 bits per heavy atom. The van der Waals surface area contributed by atoms with Gasteiger partial charge in [-0.15, -0.1) is 10.2 Å². The summed E-state index contributed by atoms with van der Waals surface area (Å²) in [5.41, 5.74) is 2.59. The highest BCUT2D eigenvalue weighted by Crippen LogP contribution is 2.38. The molecule has 1 N–H and O–H groups in total. The lowest BCUT2D eigenvalue weighted by atomic mass is 10.1. The molecule has 5 aromatic rings. The van der Waals surface area contributed by atoms with Crippen LogP contribution < -0.4 is 4.74 Å². The van der Waals surface area contributed by atoms with Crippen molar-refractivity contribution in [2.75, 3.05) is 21.2 Å². The van der Waals surface area contributed by atoms with E-state index in [-0.39, 0.29) is 5.82 Å². The van der Waals surface area contributed by atoms with Crippen LogP contribution in [-0.2, 0) is 6.54 Å². The fourth-order valence-corrected chi connectivity index (χ4v) is 3.76. The van der Waals surface area contributed by atoms with Gasteiger partial charge < -0.3 is 19.2 Å². The fourth-order valence-electron chi connectivity index (χ4n) is 3.76. The quantitative estimate of drug-likeness (QED) is 0.285. The largest absolute Gasteiger partial charge is 0.481 e. The van der Waals surface area contributed by atoms with E-state index in [9.17, 15) is 4.39 Å². The first-order chi connectivity index (χ1) is 17.0. The van der Waals surface area contributed by atoms with Gasteiger partial charge in [0.2, 0.25) is 5.88 Å². The summed E-state index contributed by atoms with van der Waals surface area (Å²) in [6.45, 7) is 0.314. The van der Waals surface area contributed by atoms with Crippen molar-refractivity contribution in [3.05, 3.63) is 66.8 Å². The molecule has 4 heterocycles. The molecule has 5 rings (SSSR count). The average Bonchev–Trinajstić information content (AvgIpc) is 3.48. The van der Waals surface area contributed by atoms with Gasteiger partial charge in [0.05, 0.1) is 30.9 Å². The van der Waals surface area contributed by atoms with Gasteiger partial charge in [0.1, 0.15) is 17.8 Å². The Kier molecular flexibility index (Phi) is 5.88. The van der Waals surface area contributed by atoms with Crippen molar-refractivity contribution in [3.63, 3.8) is 0 Å². The van der Waals surface area contributed by atoms with Crippen LogP contribution in [0.5, 0.6) is 5.88 Å². The molecule has 0 aliphatic carbocycles. The number of methoxy groups -OCH3 is 1. The number of nitrogens with one attached hydrogen (secondary N) is 1.